The van der Waals surface area contributed by atoms with E-state index in [1.54, 1.807) is 25.3 Å². The van der Waals surface area contributed by atoms with Gasteiger partial charge >= 0.3 is 0 Å². The predicted molar refractivity (Wildman–Crippen MR) is 121 cm³/mol. The second-order valence-corrected chi connectivity index (χ2v) is 6.95. The van der Waals surface area contributed by atoms with Gasteiger partial charge in [-0.25, -0.2) is 0 Å². The van der Waals surface area contributed by atoms with Crippen molar-refractivity contribution in [2.45, 2.75) is 26.7 Å². The largest absolute Gasteiger partial charge is 0.493 e. The van der Waals surface area contributed by atoms with E-state index < -0.39 is 0 Å². The number of carbonyl (C=O) groups excluding carboxylic acids is 2. The van der Waals surface area contributed by atoms with Crippen LogP contribution in [0.2, 0.25) is 0 Å². The Balaban J connectivity index is 1.74. The summed E-state index contributed by atoms with van der Waals surface area (Å²) >= 11 is 5.15. The fraction of sp³-hybridized carbons (Fsp3) is 0.286. The first-order chi connectivity index (χ1) is 14.3. The molecule has 0 heterocycles. The molecule has 0 bridgehead atoms. The highest BCUT2D eigenvalue weighted by atomic mass is 32.1. The molecule has 0 unspecified atom stereocenters. The van der Waals surface area contributed by atoms with Crippen LogP contribution in [-0.2, 0) is 9.59 Å². The third-order valence-electron chi connectivity index (χ3n) is 4.33. The van der Waals surface area contributed by atoms with E-state index in [-0.39, 0.29) is 29.8 Å². The number of thiocarbonyl (C=S) groups is 1. The molecule has 2 aromatic rings. The van der Waals surface area contributed by atoms with Crippen molar-refractivity contribution in [2.75, 3.05) is 24.9 Å². The van der Waals surface area contributed by atoms with Gasteiger partial charge in [0.15, 0.2) is 16.6 Å². The van der Waals surface area contributed by atoms with Crippen LogP contribution in [0.5, 0.6) is 11.5 Å². The van der Waals surface area contributed by atoms with Crippen molar-refractivity contribution in [3.8, 4) is 11.5 Å². The molecule has 0 aromatic heterocycles. The summed E-state index contributed by atoms with van der Waals surface area (Å²) < 4.78 is 10.4. The zero-order valence-electron chi connectivity index (χ0n) is 17.4. The molecule has 2 aromatic carbocycles. The minimum absolute atomic E-state index is 0.0165. The van der Waals surface area contributed by atoms with Gasteiger partial charge in [0.1, 0.15) is 0 Å². The molecular formula is C21H26N4O4S. The molecule has 0 saturated carbocycles. The van der Waals surface area contributed by atoms with Crippen molar-refractivity contribution in [2.24, 2.45) is 0 Å². The molecule has 0 saturated heterocycles. The van der Waals surface area contributed by atoms with E-state index in [1.807, 2.05) is 32.0 Å². The average molecular weight is 431 g/mol. The number of hydrogen-bond acceptors (Lipinski definition) is 5. The Morgan fingerprint density at radius 2 is 1.43 bits per heavy atom. The van der Waals surface area contributed by atoms with Gasteiger partial charge in [0.05, 0.1) is 14.2 Å². The highest BCUT2D eigenvalue weighted by molar-refractivity contribution is 7.80. The van der Waals surface area contributed by atoms with Crippen molar-refractivity contribution in [1.29, 1.82) is 0 Å². The molecule has 0 aliphatic carbocycles. The third-order valence-corrected chi connectivity index (χ3v) is 4.53. The summed E-state index contributed by atoms with van der Waals surface area (Å²) in [7, 11) is 3.09. The van der Waals surface area contributed by atoms with Gasteiger partial charge in [-0.2, -0.15) is 0 Å². The summed E-state index contributed by atoms with van der Waals surface area (Å²) in [6.45, 7) is 3.98. The zero-order valence-corrected chi connectivity index (χ0v) is 18.2. The molecule has 0 aliphatic heterocycles. The molecule has 8 nitrogen and oxygen atoms in total. The lowest BCUT2D eigenvalue weighted by Crippen LogP contribution is -2.43. The summed E-state index contributed by atoms with van der Waals surface area (Å²) in [5.74, 6) is 0.541. The highest BCUT2D eigenvalue weighted by Crippen LogP contribution is 2.29. The van der Waals surface area contributed by atoms with Crippen LogP contribution >= 0.6 is 12.2 Å². The lowest BCUT2D eigenvalue weighted by Gasteiger charge is -2.13. The predicted octanol–water partition coefficient (Wildman–Crippen LogP) is 3.06. The van der Waals surface area contributed by atoms with E-state index in [4.69, 9.17) is 21.7 Å². The minimum Gasteiger partial charge on any atom is -0.493 e. The van der Waals surface area contributed by atoms with Crippen LogP contribution in [0.1, 0.15) is 24.0 Å². The summed E-state index contributed by atoms with van der Waals surface area (Å²) in [6.07, 6.45) is 0.0684. The quantitative estimate of drug-likeness (QED) is 0.396. The first-order valence-corrected chi connectivity index (χ1v) is 9.68. The van der Waals surface area contributed by atoms with Gasteiger partial charge in [0.2, 0.25) is 11.8 Å². The van der Waals surface area contributed by atoms with Gasteiger partial charge < -0.3 is 20.1 Å². The summed E-state index contributed by atoms with van der Waals surface area (Å²) in [5.41, 5.74) is 8.67. The van der Waals surface area contributed by atoms with Crippen LogP contribution in [-0.4, -0.2) is 31.1 Å². The van der Waals surface area contributed by atoms with E-state index in [0.29, 0.717) is 22.9 Å². The Morgan fingerprint density at radius 1 is 0.800 bits per heavy atom. The number of nitrogens with one attached hydrogen (secondary N) is 4. The smallest absolute Gasteiger partial charge is 0.238 e. The number of rotatable bonds is 7. The first kappa shape index (κ1) is 23.0. The second kappa shape index (κ2) is 11.0. The van der Waals surface area contributed by atoms with Crippen LogP contribution in [0, 0.1) is 13.8 Å². The SMILES string of the molecule is COc1ccc(NC(=S)NNC(=O)CCC(=O)Nc2ccc(C)c(C)c2)cc1OC. The molecule has 2 amide bonds. The number of hydrogen-bond donors (Lipinski definition) is 4. The van der Waals surface area contributed by atoms with E-state index in [2.05, 4.69) is 21.5 Å². The maximum Gasteiger partial charge on any atom is 0.238 e. The molecule has 0 fully saturated rings. The monoisotopic (exact) mass is 430 g/mol. The van der Waals surface area contributed by atoms with Crippen LogP contribution < -0.4 is 31.0 Å². The molecule has 2 rings (SSSR count). The van der Waals surface area contributed by atoms with E-state index in [1.165, 1.54) is 7.11 Å². The molecule has 9 heteroatoms. The van der Waals surface area contributed by atoms with Gasteiger partial charge in [-0.15, -0.1) is 0 Å². The third kappa shape index (κ3) is 6.93. The maximum absolute atomic E-state index is 12.0. The van der Waals surface area contributed by atoms with Crippen molar-refractivity contribution < 1.29 is 19.1 Å². The number of benzene rings is 2. The Kier molecular flexibility index (Phi) is 8.42. The number of anilines is 2. The Bertz CT molecular complexity index is 933. The van der Waals surface area contributed by atoms with Crippen molar-refractivity contribution in [3.63, 3.8) is 0 Å². The van der Waals surface area contributed by atoms with Gasteiger partial charge in [-0.3, -0.25) is 20.4 Å². The highest BCUT2D eigenvalue weighted by Gasteiger charge is 2.09. The van der Waals surface area contributed by atoms with Crippen molar-refractivity contribution in [1.82, 2.24) is 10.9 Å². The Labute approximate surface area is 181 Å². The first-order valence-electron chi connectivity index (χ1n) is 9.27. The zero-order chi connectivity index (χ0) is 22.1. The van der Waals surface area contributed by atoms with Crippen LogP contribution in [0.25, 0.3) is 0 Å². The minimum atomic E-state index is -0.360. The lowest BCUT2D eigenvalue weighted by atomic mass is 10.1. The van der Waals surface area contributed by atoms with Gasteiger partial charge in [-0.05, 0) is 61.5 Å². The number of hydrazine groups is 1. The summed E-state index contributed by atoms with van der Waals surface area (Å²) in [4.78, 5) is 24.0. The number of carbonyl (C=O) groups is 2. The standard InChI is InChI=1S/C21H26N4O4S/c1-13-5-6-15(11-14(13)2)22-19(26)9-10-20(27)24-25-21(30)23-16-7-8-17(28-3)18(12-16)29-4/h5-8,11-12H,9-10H2,1-4H3,(H,22,26)(H,24,27)(H2,23,25,30). The molecule has 30 heavy (non-hydrogen) atoms. The van der Waals surface area contributed by atoms with E-state index >= 15 is 0 Å². The van der Waals surface area contributed by atoms with E-state index in [0.717, 1.165) is 11.1 Å². The fourth-order valence-electron chi connectivity index (χ4n) is 2.54. The molecule has 160 valence electrons. The fourth-order valence-corrected chi connectivity index (χ4v) is 2.70. The number of amides is 2. The van der Waals surface area contributed by atoms with Gasteiger partial charge in [0, 0.05) is 30.3 Å². The summed E-state index contributed by atoms with van der Waals surface area (Å²) in [6, 6.07) is 10.9. The molecular weight excluding hydrogens is 404 g/mol. The molecule has 0 radical (unpaired) electrons. The molecule has 0 atom stereocenters. The van der Waals surface area contributed by atoms with E-state index in [9.17, 15) is 9.59 Å². The average Bonchev–Trinajstić information content (AvgIpc) is 2.73. The van der Waals surface area contributed by atoms with Crippen molar-refractivity contribution in [3.05, 3.63) is 47.5 Å². The number of aryl methyl sites for hydroxylation is 2. The van der Waals surface area contributed by atoms with Crippen molar-refractivity contribution >= 4 is 40.5 Å². The van der Waals surface area contributed by atoms with Crippen LogP contribution in [0.4, 0.5) is 11.4 Å². The summed E-state index contributed by atoms with van der Waals surface area (Å²) in [5, 5.41) is 5.89. The van der Waals surface area contributed by atoms with Crippen LogP contribution in [0.3, 0.4) is 0 Å². The van der Waals surface area contributed by atoms with Crippen LogP contribution in [0.15, 0.2) is 36.4 Å². The second-order valence-electron chi connectivity index (χ2n) is 6.54. The molecule has 0 aliphatic rings. The normalized spacial score (nSPS) is 10.0. The lowest BCUT2D eigenvalue weighted by molar-refractivity contribution is -0.124. The Hall–Kier alpha value is -3.33. The number of methoxy groups -OCH3 is 2. The molecule has 0 spiro atoms. The Morgan fingerprint density at radius 3 is 2.10 bits per heavy atom. The topological polar surface area (TPSA) is 101 Å². The number of ether oxygens (including phenoxy) is 2. The van der Waals surface area contributed by atoms with Gasteiger partial charge in [-0.1, -0.05) is 6.07 Å². The van der Waals surface area contributed by atoms with Gasteiger partial charge in [0.25, 0.3) is 0 Å². The maximum atomic E-state index is 12.0. The molecule has 4 N–H and O–H groups in total.